The Morgan fingerprint density at radius 2 is 1.73 bits per heavy atom. The molecule has 22 heavy (non-hydrogen) atoms. The Morgan fingerprint density at radius 3 is 2.23 bits per heavy atom. The van der Waals surface area contributed by atoms with Gasteiger partial charge in [0, 0.05) is 16.9 Å². The van der Waals surface area contributed by atoms with E-state index >= 15 is 0 Å². The molecule has 2 aromatic rings. The van der Waals surface area contributed by atoms with Crippen molar-refractivity contribution in [1.29, 1.82) is 0 Å². The number of nitrogens with two attached hydrogens (primary N) is 1. The fourth-order valence-corrected chi connectivity index (χ4v) is 2.16. The zero-order valence-corrected chi connectivity index (χ0v) is 15.0. The Kier molecular flexibility index (Phi) is 6.16. The fraction of sp³-hybridized carbons (Fsp3) is 0.0714. The smallest absolute Gasteiger partial charge is 0.744 e. The molecule has 8 heteroatoms. The molecule has 0 aliphatic heterocycles. The second kappa shape index (κ2) is 7.26. The monoisotopic (exact) mass is 328 g/mol. The fourth-order valence-electron chi connectivity index (χ4n) is 1.69. The summed E-state index contributed by atoms with van der Waals surface area (Å²) < 4.78 is 32.4. The summed E-state index contributed by atoms with van der Waals surface area (Å²) >= 11 is 0. The number of amides is 1. The second-order valence-electron chi connectivity index (χ2n) is 4.50. The maximum atomic E-state index is 12.0. The SMILES string of the molecule is Cc1ccc(C(=O)Nc2ccc(S(=O)(=O)[O-])cc2)cc1N.[Na+]. The molecule has 0 aromatic heterocycles. The first-order valence-electron chi connectivity index (χ1n) is 6.01. The quantitative estimate of drug-likeness (QED) is 0.415. The van der Waals surface area contributed by atoms with Gasteiger partial charge in [0.1, 0.15) is 10.1 Å². The Hall–Kier alpha value is -1.38. The molecule has 0 heterocycles. The summed E-state index contributed by atoms with van der Waals surface area (Å²) in [6.07, 6.45) is 0. The van der Waals surface area contributed by atoms with Crippen molar-refractivity contribution in [3.8, 4) is 0 Å². The summed E-state index contributed by atoms with van der Waals surface area (Å²) in [7, 11) is -4.49. The first kappa shape index (κ1) is 18.7. The second-order valence-corrected chi connectivity index (χ2v) is 5.88. The number of nitrogens with one attached hydrogen (secondary N) is 1. The number of rotatable bonds is 3. The van der Waals surface area contributed by atoms with E-state index in [-0.39, 0.29) is 40.4 Å². The van der Waals surface area contributed by atoms with Gasteiger partial charge in [-0.25, -0.2) is 8.42 Å². The van der Waals surface area contributed by atoms with Crippen LogP contribution in [0.2, 0.25) is 0 Å². The number of anilines is 2. The Morgan fingerprint density at radius 1 is 1.14 bits per heavy atom. The van der Waals surface area contributed by atoms with Crippen LogP contribution in [0.3, 0.4) is 0 Å². The van der Waals surface area contributed by atoms with Crippen LogP contribution in [0, 0.1) is 6.92 Å². The van der Waals surface area contributed by atoms with Gasteiger partial charge in [0.15, 0.2) is 0 Å². The number of benzene rings is 2. The van der Waals surface area contributed by atoms with Gasteiger partial charge in [-0.2, -0.15) is 0 Å². The van der Waals surface area contributed by atoms with Gasteiger partial charge in [0.05, 0.1) is 4.90 Å². The zero-order chi connectivity index (χ0) is 15.6. The van der Waals surface area contributed by atoms with E-state index in [1.54, 1.807) is 18.2 Å². The van der Waals surface area contributed by atoms with Crippen molar-refractivity contribution in [1.82, 2.24) is 0 Å². The topological polar surface area (TPSA) is 112 Å². The molecule has 0 spiro atoms. The number of carbonyl (C=O) groups excluding carboxylic acids is 1. The third-order valence-corrected chi connectivity index (χ3v) is 3.79. The summed E-state index contributed by atoms with van der Waals surface area (Å²) in [6, 6.07) is 9.90. The van der Waals surface area contributed by atoms with Crippen LogP contribution in [0.4, 0.5) is 11.4 Å². The molecular weight excluding hydrogens is 315 g/mol. The van der Waals surface area contributed by atoms with Gasteiger partial charge in [-0.1, -0.05) is 6.07 Å². The van der Waals surface area contributed by atoms with Crippen molar-refractivity contribution in [2.24, 2.45) is 0 Å². The van der Waals surface area contributed by atoms with Gasteiger partial charge in [0.25, 0.3) is 5.91 Å². The van der Waals surface area contributed by atoms with E-state index in [1.165, 1.54) is 12.1 Å². The first-order chi connectivity index (χ1) is 9.77. The maximum absolute atomic E-state index is 12.0. The molecule has 0 saturated carbocycles. The van der Waals surface area contributed by atoms with Gasteiger partial charge < -0.3 is 15.6 Å². The third-order valence-electron chi connectivity index (χ3n) is 2.94. The van der Waals surface area contributed by atoms with Crippen LogP contribution in [-0.4, -0.2) is 18.9 Å². The van der Waals surface area contributed by atoms with Crippen LogP contribution in [-0.2, 0) is 10.1 Å². The van der Waals surface area contributed by atoms with E-state index in [9.17, 15) is 17.8 Å². The average molecular weight is 328 g/mol. The van der Waals surface area contributed by atoms with Crippen molar-refractivity contribution >= 4 is 27.4 Å². The van der Waals surface area contributed by atoms with E-state index < -0.39 is 10.1 Å². The molecule has 0 unspecified atom stereocenters. The number of nitrogen functional groups attached to an aromatic ring is 1. The van der Waals surface area contributed by atoms with Gasteiger partial charge >= 0.3 is 29.6 Å². The van der Waals surface area contributed by atoms with Crippen LogP contribution in [0.15, 0.2) is 47.4 Å². The van der Waals surface area contributed by atoms with Gasteiger partial charge in [-0.05, 0) is 48.9 Å². The molecule has 0 aliphatic carbocycles. The van der Waals surface area contributed by atoms with Crippen molar-refractivity contribution in [3.05, 3.63) is 53.6 Å². The maximum Gasteiger partial charge on any atom is 1.00 e. The Labute approximate surface area is 150 Å². The molecule has 0 saturated heterocycles. The third kappa shape index (κ3) is 4.56. The van der Waals surface area contributed by atoms with Crippen molar-refractivity contribution in [2.75, 3.05) is 11.1 Å². The summed E-state index contributed by atoms with van der Waals surface area (Å²) in [6.45, 7) is 1.83. The molecule has 110 valence electrons. The van der Waals surface area contributed by atoms with Crippen molar-refractivity contribution in [3.63, 3.8) is 0 Å². The predicted molar refractivity (Wildman–Crippen MR) is 77.9 cm³/mol. The molecular formula is C14H13N2NaO4S. The number of hydrogen-bond donors (Lipinski definition) is 2. The molecule has 0 atom stereocenters. The van der Waals surface area contributed by atoms with Gasteiger partial charge in [-0.3, -0.25) is 4.79 Å². The summed E-state index contributed by atoms with van der Waals surface area (Å²) in [5.74, 6) is -0.376. The van der Waals surface area contributed by atoms with Crippen molar-refractivity contribution < 1.29 is 47.3 Å². The van der Waals surface area contributed by atoms with E-state index in [2.05, 4.69) is 5.32 Å². The summed E-state index contributed by atoms with van der Waals surface area (Å²) in [5.41, 5.74) is 7.89. The average Bonchev–Trinajstić information content (AvgIpc) is 2.41. The van der Waals surface area contributed by atoms with Crippen LogP contribution >= 0.6 is 0 Å². The van der Waals surface area contributed by atoms with Gasteiger partial charge in [0.2, 0.25) is 0 Å². The molecule has 0 aliphatic rings. The number of aryl methyl sites for hydroxylation is 1. The molecule has 6 nitrogen and oxygen atoms in total. The van der Waals surface area contributed by atoms with E-state index in [4.69, 9.17) is 5.73 Å². The number of carbonyl (C=O) groups is 1. The molecule has 2 aromatic carbocycles. The zero-order valence-electron chi connectivity index (χ0n) is 12.2. The number of hydrogen-bond acceptors (Lipinski definition) is 5. The first-order valence-corrected chi connectivity index (χ1v) is 7.41. The van der Waals surface area contributed by atoms with Crippen LogP contribution < -0.4 is 40.6 Å². The minimum atomic E-state index is -4.49. The molecule has 2 rings (SSSR count). The van der Waals surface area contributed by atoms with E-state index in [0.717, 1.165) is 17.7 Å². The normalized spacial score (nSPS) is 10.6. The molecule has 3 N–H and O–H groups in total. The summed E-state index contributed by atoms with van der Waals surface area (Å²) in [5, 5.41) is 2.59. The van der Waals surface area contributed by atoms with E-state index in [1.807, 2.05) is 6.92 Å². The molecule has 1 amide bonds. The largest absolute Gasteiger partial charge is 1.00 e. The predicted octanol–water partition coefficient (Wildman–Crippen LogP) is -1.26. The Bertz CT molecular complexity index is 789. The van der Waals surface area contributed by atoms with Crippen LogP contribution in [0.1, 0.15) is 15.9 Å². The van der Waals surface area contributed by atoms with Crippen LogP contribution in [0.25, 0.3) is 0 Å². The van der Waals surface area contributed by atoms with Crippen LogP contribution in [0.5, 0.6) is 0 Å². The molecule has 0 fully saturated rings. The standard InChI is InChI=1S/C14H14N2O4S.Na/c1-9-2-3-10(8-13(9)15)14(17)16-11-4-6-12(7-5-11)21(18,19)20;/h2-8H,15H2,1H3,(H,16,17)(H,18,19,20);/q;+1/p-1. The minimum Gasteiger partial charge on any atom is -0.744 e. The summed E-state index contributed by atoms with van der Waals surface area (Å²) in [4.78, 5) is 11.7. The Balaban J connectivity index is 0.00000242. The van der Waals surface area contributed by atoms with Gasteiger partial charge in [-0.15, -0.1) is 0 Å². The molecule has 0 radical (unpaired) electrons. The molecule has 0 bridgehead atoms. The van der Waals surface area contributed by atoms with E-state index in [0.29, 0.717) is 16.9 Å². The van der Waals surface area contributed by atoms with Crippen molar-refractivity contribution in [2.45, 2.75) is 11.8 Å². The minimum absolute atomic E-state index is 0.